The molecule has 0 bridgehead atoms. The molecule has 0 aliphatic rings. The Bertz CT molecular complexity index is 558. The zero-order valence-electron chi connectivity index (χ0n) is 10.5. The number of methoxy groups -OCH3 is 1. The summed E-state index contributed by atoms with van der Waals surface area (Å²) >= 11 is 0. The highest BCUT2D eigenvalue weighted by molar-refractivity contribution is 6.03. The predicted molar refractivity (Wildman–Crippen MR) is 66.9 cm³/mol. The quantitative estimate of drug-likeness (QED) is 0.903. The van der Waals surface area contributed by atoms with Gasteiger partial charge in [0, 0.05) is 11.3 Å². The number of aromatic nitrogens is 1. The van der Waals surface area contributed by atoms with Gasteiger partial charge in [0.25, 0.3) is 5.91 Å². The number of hydrogen-bond donors (Lipinski definition) is 1. The Labute approximate surface area is 105 Å². The maximum atomic E-state index is 11.9. The van der Waals surface area contributed by atoms with Gasteiger partial charge in [-0.15, -0.1) is 0 Å². The number of hydrogen-bond acceptors (Lipinski definition) is 4. The Morgan fingerprint density at radius 2 is 1.94 bits per heavy atom. The third-order valence-corrected chi connectivity index (χ3v) is 2.72. The molecule has 0 unspecified atom stereocenters. The van der Waals surface area contributed by atoms with Crippen molar-refractivity contribution in [3.05, 3.63) is 41.3 Å². The molecule has 0 saturated heterocycles. The van der Waals surface area contributed by atoms with Crippen LogP contribution in [0.1, 0.15) is 21.8 Å². The van der Waals surface area contributed by atoms with Crippen LogP contribution in [0.3, 0.4) is 0 Å². The summed E-state index contributed by atoms with van der Waals surface area (Å²) in [7, 11) is 1.59. The van der Waals surface area contributed by atoms with Crippen LogP contribution in [0, 0.1) is 13.8 Å². The summed E-state index contributed by atoms with van der Waals surface area (Å²) < 4.78 is 10.0. The van der Waals surface area contributed by atoms with Gasteiger partial charge < -0.3 is 14.6 Å². The summed E-state index contributed by atoms with van der Waals surface area (Å²) in [6, 6.07) is 7.07. The molecule has 5 heteroatoms. The first-order valence-electron chi connectivity index (χ1n) is 5.50. The lowest BCUT2D eigenvalue weighted by molar-refractivity contribution is 0.101. The molecule has 0 spiro atoms. The largest absolute Gasteiger partial charge is 0.497 e. The molecule has 1 amide bonds. The minimum absolute atomic E-state index is 0.283. The van der Waals surface area contributed by atoms with Gasteiger partial charge in [0.1, 0.15) is 11.5 Å². The van der Waals surface area contributed by atoms with E-state index in [0.29, 0.717) is 17.1 Å². The second kappa shape index (κ2) is 4.91. The van der Waals surface area contributed by atoms with Crippen molar-refractivity contribution < 1.29 is 14.1 Å². The fourth-order valence-electron chi connectivity index (χ4n) is 1.49. The Hall–Kier alpha value is -2.30. The summed E-state index contributed by atoms with van der Waals surface area (Å²) in [5.74, 6) is 1.10. The number of nitrogens with one attached hydrogen (secondary N) is 1. The first-order valence-corrected chi connectivity index (χ1v) is 5.50. The Morgan fingerprint density at radius 3 is 2.44 bits per heavy atom. The SMILES string of the molecule is COc1ccc(NC(=O)c2noc(C)c2C)cc1. The fraction of sp³-hybridized carbons (Fsp3) is 0.231. The van der Waals surface area contributed by atoms with E-state index < -0.39 is 0 Å². The Balaban J connectivity index is 2.13. The van der Waals surface area contributed by atoms with Crippen LogP contribution in [0.25, 0.3) is 0 Å². The topological polar surface area (TPSA) is 64.4 Å². The molecule has 1 heterocycles. The molecule has 1 aromatic carbocycles. The van der Waals surface area contributed by atoms with Gasteiger partial charge in [-0.1, -0.05) is 5.16 Å². The number of nitrogens with zero attached hydrogens (tertiary/aromatic N) is 1. The third kappa shape index (κ3) is 2.34. The molecule has 18 heavy (non-hydrogen) atoms. The number of anilines is 1. The lowest BCUT2D eigenvalue weighted by Crippen LogP contribution is -2.13. The highest BCUT2D eigenvalue weighted by Gasteiger charge is 2.16. The number of carbonyl (C=O) groups excluding carboxylic acids is 1. The first-order chi connectivity index (χ1) is 8.61. The van der Waals surface area contributed by atoms with Crippen molar-refractivity contribution in [3.63, 3.8) is 0 Å². The van der Waals surface area contributed by atoms with E-state index in [1.165, 1.54) is 0 Å². The van der Waals surface area contributed by atoms with Gasteiger partial charge in [0.05, 0.1) is 7.11 Å². The molecule has 2 rings (SSSR count). The van der Waals surface area contributed by atoms with Crippen molar-refractivity contribution in [1.82, 2.24) is 5.16 Å². The zero-order valence-corrected chi connectivity index (χ0v) is 10.5. The number of ether oxygens (including phenoxy) is 1. The molecule has 1 N–H and O–H groups in total. The van der Waals surface area contributed by atoms with Crippen molar-refractivity contribution in [2.75, 3.05) is 12.4 Å². The van der Waals surface area contributed by atoms with Crippen LogP contribution in [-0.2, 0) is 0 Å². The van der Waals surface area contributed by atoms with Crippen LogP contribution in [-0.4, -0.2) is 18.2 Å². The Morgan fingerprint density at radius 1 is 1.28 bits per heavy atom. The van der Waals surface area contributed by atoms with Crippen LogP contribution in [0.2, 0.25) is 0 Å². The lowest BCUT2D eigenvalue weighted by atomic mass is 10.2. The summed E-state index contributed by atoms with van der Waals surface area (Å²) in [6.45, 7) is 3.57. The third-order valence-electron chi connectivity index (χ3n) is 2.72. The van der Waals surface area contributed by atoms with Gasteiger partial charge >= 0.3 is 0 Å². The number of rotatable bonds is 3. The van der Waals surface area contributed by atoms with Crippen molar-refractivity contribution >= 4 is 11.6 Å². The van der Waals surface area contributed by atoms with E-state index in [1.54, 1.807) is 45.2 Å². The van der Waals surface area contributed by atoms with Crippen molar-refractivity contribution in [1.29, 1.82) is 0 Å². The molecule has 0 fully saturated rings. The number of amides is 1. The van der Waals surface area contributed by atoms with Gasteiger partial charge in [0.15, 0.2) is 5.69 Å². The van der Waals surface area contributed by atoms with E-state index in [2.05, 4.69) is 10.5 Å². The molecule has 0 saturated carbocycles. The zero-order chi connectivity index (χ0) is 13.1. The summed E-state index contributed by atoms with van der Waals surface area (Å²) in [5, 5.41) is 6.48. The number of benzene rings is 1. The molecular formula is C13H14N2O3. The van der Waals surface area contributed by atoms with E-state index in [9.17, 15) is 4.79 Å². The molecular weight excluding hydrogens is 232 g/mol. The van der Waals surface area contributed by atoms with Gasteiger partial charge in [-0.2, -0.15) is 0 Å². The van der Waals surface area contributed by atoms with E-state index in [0.717, 1.165) is 11.3 Å². The minimum Gasteiger partial charge on any atom is -0.497 e. The van der Waals surface area contributed by atoms with Gasteiger partial charge in [-0.3, -0.25) is 4.79 Å². The monoisotopic (exact) mass is 246 g/mol. The molecule has 5 nitrogen and oxygen atoms in total. The Kier molecular flexibility index (Phi) is 3.32. The molecule has 94 valence electrons. The lowest BCUT2D eigenvalue weighted by Gasteiger charge is -2.04. The highest BCUT2D eigenvalue weighted by atomic mass is 16.5. The van der Waals surface area contributed by atoms with Crippen LogP contribution < -0.4 is 10.1 Å². The van der Waals surface area contributed by atoms with Crippen LogP contribution in [0.5, 0.6) is 5.75 Å². The standard InChI is InChI=1S/C13H14N2O3/c1-8-9(2)18-15-12(8)13(16)14-10-4-6-11(17-3)7-5-10/h4-7H,1-3H3,(H,14,16). The van der Waals surface area contributed by atoms with E-state index in [4.69, 9.17) is 9.26 Å². The predicted octanol–water partition coefficient (Wildman–Crippen LogP) is 2.55. The molecule has 0 aliphatic carbocycles. The maximum absolute atomic E-state index is 11.9. The smallest absolute Gasteiger partial charge is 0.278 e. The van der Waals surface area contributed by atoms with E-state index in [1.807, 2.05) is 0 Å². The first kappa shape index (κ1) is 12.2. The molecule has 0 atom stereocenters. The van der Waals surface area contributed by atoms with Crippen LogP contribution >= 0.6 is 0 Å². The van der Waals surface area contributed by atoms with Crippen molar-refractivity contribution in [3.8, 4) is 5.75 Å². The minimum atomic E-state index is -0.283. The van der Waals surface area contributed by atoms with E-state index in [-0.39, 0.29) is 5.91 Å². The van der Waals surface area contributed by atoms with Crippen molar-refractivity contribution in [2.24, 2.45) is 0 Å². The molecule has 1 aromatic heterocycles. The van der Waals surface area contributed by atoms with E-state index >= 15 is 0 Å². The maximum Gasteiger partial charge on any atom is 0.278 e. The van der Waals surface area contributed by atoms with Gasteiger partial charge in [-0.25, -0.2) is 0 Å². The molecule has 0 radical (unpaired) electrons. The average molecular weight is 246 g/mol. The summed E-state index contributed by atoms with van der Waals surface area (Å²) in [5.41, 5.74) is 1.74. The van der Waals surface area contributed by atoms with Crippen LogP contribution in [0.4, 0.5) is 5.69 Å². The average Bonchev–Trinajstić information content (AvgIpc) is 2.71. The summed E-state index contributed by atoms with van der Waals surface area (Å²) in [6.07, 6.45) is 0. The number of carbonyl (C=O) groups is 1. The van der Waals surface area contributed by atoms with Gasteiger partial charge in [0.2, 0.25) is 0 Å². The highest BCUT2D eigenvalue weighted by Crippen LogP contribution is 2.17. The second-order valence-electron chi connectivity index (χ2n) is 3.89. The van der Waals surface area contributed by atoms with Crippen LogP contribution in [0.15, 0.2) is 28.8 Å². The van der Waals surface area contributed by atoms with Crippen molar-refractivity contribution in [2.45, 2.75) is 13.8 Å². The fourth-order valence-corrected chi connectivity index (χ4v) is 1.49. The van der Waals surface area contributed by atoms with Gasteiger partial charge in [-0.05, 0) is 38.1 Å². The molecule has 0 aliphatic heterocycles. The number of aryl methyl sites for hydroxylation is 1. The normalized spacial score (nSPS) is 10.2. The molecule has 2 aromatic rings. The second-order valence-corrected chi connectivity index (χ2v) is 3.89. The summed E-state index contributed by atoms with van der Waals surface area (Å²) in [4.78, 5) is 11.9.